The number of carbonyl (C=O) groups excluding carboxylic acids is 1. The van der Waals surface area contributed by atoms with Gasteiger partial charge in [0.1, 0.15) is 22.0 Å². The zero-order valence-electron chi connectivity index (χ0n) is 19.2. The molecule has 170 valence electrons. The van der Waals surface area contributed by atoms with Gasteiger partial charge in [-0.2, -0.15) is 0 Å². The summed E-state index contributed by atoms with van der Waals surface area (Å²) in [5.74, 6) is 1.10. The first-order valence-corrected chi connectivity index (χ1v) is 11.4. The number of benzene rings is 1. The Hall–Kier alpha value is -2.94. The van der Waals surface area contributed by atoms with Gasteiger partial charge in [0.15, 0.2) is 11.4 Å². The molecule has 0 spiro atoms. The van der Waals surface area contributed by atoms with Crippen LogP contribution in [0.25, 0.3) is 11.0 Å². The third kappa shape index (κ3) is 4.48. The molecule has 0 N–H and O–H groups in total. The maximum atomic E-state index is 13.1. The van der Waals surface area contributed by atoms with Crippen LogP contribution in [-0.4, -0.2) is 37.2 Å². The van der Waals surface area contributed by atoms with E-state index in [2.05, 4.69) is 9.97 Å². The fourth-order valence-electron chi connectivity index (χ4n) is 3.33. The number of ether oxygens (including phenoxy) is 1. The molecule has 9 heteroatoms. The van der Waals surface area contributed by atoms with Crippen molar-refractivity contribution in [1.82, 2.24) is 19.1 Å². The zero-order chi connectivity index (χ0) is 23.6. The van der Waals surface area contributed by atoms with Crippen LogP contribution >= 0.6 is 11.8 Å². The summed E-state index contributed by atoms with van der Waals surface area (Å²) in [6, 6.07) is 6.91. The van der Waals surface area contributed by atoms with Crippen LogP contribution in [-0.2, 0) is 13.6 Å². The van der Waals surface area contributed by atoms with E-state index in [4.69, 9.17) is 4.74 Å². The molecule has 2 heterocycles. The van der Waals surface area contributed by atoms with Gasteiger partial charge in [0.2, 0.25) is 0 Å². The number of aromatic nitrogens is 4. The van der Waals surface area contributed by atoms with Gasteiger partial charge in [-0.15, -0.1) is 0 Å². The first kappa shape index (κ1) is 23.7. The molecule has 2 aromatic heterocycles. The smallest absolute Gasteiger partial charge is 0.332 e. The fraction of sp³-hybridized carbons (Fsp3) is 0.435. The Balaban J connectivity index is 2.14. The van der Waals surface area contributed by atoms with E-state index in [9.17, 15) is 14.4 Å². The highest BCUT2D eigenvalue weighted by atomic mass is 32.2. The number of hydrogen-bond acceptors (Lipinski definition) is 7. The first-order valence-electron chi connectivity index (χ1n) is 10.6. The summed E-state index contributed by atoms with van der Waals surface area (Å²) in [5, 5.41) is 0.181. The number of hydrogen-bond donors (Lipinski definition) is 0. The minimum Gasteiger partial charge on any atom is -0.497 e. The van der Waals surface area contributed by atoms with Crippen molar-refractivity contribution >= 4 is 28.6 Å². The van der Waals surface area contributed by atoms with Gasteiger partial charge < -0.3 is 4.74 Å². The van der Waals surface area contributed by atoms with Crippen LogP contribution in [0.2, 0.25) is 0 Å². The minimum absolute atomic E-state index is 0.0133. The summed E-state index contributed by atoms with van der Waals surface area (Å²) in [7, 11) is 3.02. The maximum Gasteiger partial charge on any atom is 0.332 e. The van der Waals surface area contributed by atoms with Crippen LogP contribution in [0.3, 0.4) is 0 Å². The van der Waals surface area contributed by atoms with Crippen LogP contribution in [0, 0.1) is 0 Å². The molecular formula is C23H28N4O4S. The molecule has 3 aromatic rings. The Morgan fingerprint density at radius 3 is 2.34 bits per heavy atom. The Bertz CT molecular complexity index is 1260. The second-order valence-electron chi connectivity index (χ2n) is 7.89. The Morgan fingerprint density at radius 1 is 1.12 bits per heavy atom. The maximum absolute atomic E-state index is 13.1. The largest absolute Gasteiger partial charge is 0.497 e. The van der Waals surface area contributed by atoms with Crippen LogP contribution in [0.1, 0.15) is 56.2 Å². The van der Waals surface area contributed by atoms with E-state index in [0.29, 0.717) is 40.8 Å². The van der Waals surface area contributed by atoms with E-state index in [-0.39, 0.29) is 17.1 Å². The van der Waals surface area contributed by atoms with Crippen LogP contribution in [0.15, 0.2) is 38.9 Å². The fourth-order valence-corrected chi connectivity index (χ4v) is 4.35. The van der Waals surface area contributed by atoms with Crippen LogP contribution in [0.5, 0.6) is 5.75 Å². The highest BCUT2D eigenvalue weighted by Crippen LogP contribution is 2.30. The van der Waals surface area contributed by atoms with Gasteiger partial charge in [0, 0.05) is 25.1 Å². The number of thioether (sulfide) groups is 1. The van der Waals surface area contributed by atoms with Gasteiger partial charge in [-0.25, -0.2) is 14.8 Å². The zero-order valence-corrected chi connectivity index (χ0v) is 20.0. The van der Waals surface area contributed by atoms with Crippen molar-refractivity contribution in [2.75, 3.05) is 7.11 Å². The Morgan fingerprint density at radius 2 is 1.78 bits per heavy atom. The minimum atomic E-state index is -0.502. The number of fused-ring (bicyclic) bond motifs is 1. The summed E-state index contributed by atoms with van der Waals surface area (Å²) in [5.41, 5.74) is 0.00426. The molecule has 0 bridgehead atoms. The lowest BCUT2D eigenvalue weighted by atomic mass is 10.1. The molecule has 0 radical (unpaired) electrons. The molecule has 0 aliphatic rings. The summed E-state index contributed by atoms with van der Waals surface area (Å²) in [6.45, 7) is 8.07. The van der Waals surface area contributed by atoms with Gasteiger partial charge in [0.05, 0.1) is 12.4 Å². The second-order valence-corrected chi connectivity index (χ2v) is 9.22. The van der Waals surface area contributed by atoms with Crippen molar-refractivity contribution in [2.45, 2.75) is 56.9 Å². The summed E-state index contributed by atoms with van der Waals surface area (Å²) < 4.78 is 7.75. The van der Waals surface area contributed by atoms with Crippen LogP contribution in [0.4, 0.5) is 0 Å². The molecular weight excluding hydrogens is 428 g/mol. The van der Waals surface area contributed by atoms with E-state index in [0.717, 1.165) is 4.57 Å². The topological polar surface area (TPSA) is 96.1 Å². The van der Waals surface area contributed by atoms with E-state index < -0.39 is 16.5 Å². The first-order chi connectivity index (χ1) is 15.2. The number of carbonyl (C=O) groups is 1. The van der Waals surface area contributed by atoms with E-state index in [1.807, 2.05) is 20.8 Å². The third-order valence-corrected chi connectivity index (χ3v) is 6.25. The van der Waals surface area contributed by atoms with Crippen molar-refractivity contribution in [1.29, 1.82) is 0 Å². The van der Waals surface area contributed by atoms with Crippen molar-refractivity contribution in [3.8, 4) is 5.75 Å². The Labute approximate surface area is 190 Å². The monoisotopic (exact) mass is 456 g/mol. The van der Waals surface area contributed by atoms with Crippen molar-refractivity contribution in [3.63, 3.8) is 0 Å². The summed E-state index contributed by atoms with van der Waals surface area (Å²) >= 11 is 1.21. The average Bonchev–Trinajstić information content (AvgIpc) is 2.79. The molecule has 0 amide bonds. The molecule has 8 nitrogen and oxygen atoms in total. The summed E-state index contributed by atoms with van der Waals surface area (Å²) in [4.78, 5) is 48.0. The predicted octanol–water partition coefficient (Wildman–Crippen LogP) is 3.40. The second kappa shape index (κ2) is 9.68. The molecule has 32 heavy (non-hydrogen) atoms. The molecule has 1 unspecified atom stereocenters. The Kier molecular flexibility index (Phi) is 7.18. The number of nitrogens with zero attached hydrogens (tertiary/aromatic N) is 4. The van der Waals surface area contributed by atoms with E-state index >= 15 is 0 Å². The molecule has 0 aliphatic heterocycles. The molecule has 0 saturated carbocycles. The lowest BCUT2D eigenvalue weighted by molar-refractivity contribution is 0.0994. The molecule has 0 saturated heterocycles. The summed E-state index contributed by atoms with van der Waals surface area (Å²) in [6.07, 6.45) is 0.711. The van der Waals surface area contributed by atoms with Gasteiger partial charge in [-0.3, -0.25) is 18.7 Å². The van der Waals surface area contributed by atoms with Crippen molar-refractivity contribution in [2.24, 2.45) is 7.05 Å². The number of aryl methyl sites for hydroxylation is 1. The number of ketones is 1. The van der Waals surface area contributed by atoms with E-state index in [1.165, 1.54) is 23.4 Å². The SMILES string of the molecule is CCCn1c(=O)n(C)c(=O)c2c(SC(C)C(=O)c3ccc(OC)cc3)nc(C(C)C)nc21. The van der Waals surface area contributed by atoms with Crippen molar-refractivity contribution in [3.05, 3.63) is 56.5 Å². The molecule has 0 aliphatic carbocycles. The molecule has 3 rings (SSSR count). The quantitative estimate of drug-likeness (QED) is 0.291. The highest BCUT2D eigenvalue weighted by Gasteiger charge is 2.24. The third-order valence-electron chi connectivity index (χ3n) is 5.16. The van der Waals surface area contributed by atoms with Crippen LogP contribution < -0.4 is 16.0 Å². The standard InChI is InChI=1S/C23H28N4O4S/c1-7-12-27-20-17(22(29)26(5)23(27)30)21(25-19(24-20)13(2)3)32-14(4)18(28)15-8-10-16(31-6)11-9-15/h8-11,13-14H,7,12H2,1-6H3. The predicted molar refractivity (Wildman–Crippen MR) is 126 cm³/mol. The number of methoxy groups -OCH3 is 1. The molecule has 0 fully saturated rings. The van der Waals surface area contributed by atoms with Gasteiger partial charge in [-0.1, -0.05) is 32.5 Å². The highest BCUT2D eigenvalue weighted by molar-refractivity contribution is 8.00. The number of Topliss-reactive ketones (excluding diaryl/α,β-unsaturated/α-hetero) is 1. The average molecular weight is 457 g/mol. The molecule has 1 aromatic carbocycles. The lowest BCUT2D eigenvalue weighted by Crippen LogP contribution is -2.39. The van der Waals surface area contributed by atoms with Crippen molar-refractivity contribution < 1.29 is 9.53 Å². The van der Waals surface area contributed by atoms with Gasteiger partial charge in [-0.05, 0) is 37.6 Å². The van der Waals surface area contributed by atoms with Gasteiger partial charge in [0.25, 0.3) is 5.56 Å². The normalized spacial score (nSPS) is 12.3. The van der Waals surface area contributed by atoms with Gasteiger partial charge >= 0.3 is 5.69 Å². The molecule has 1 atom stereocenters. The lowest BCUT2D eigenvalue weighted by Gasteiger charge is -2.16. The van der Waals surface area contributed by atoms with E-state index in [1.54, 1.807) is 38.3 Å². The number of rotatable bonds is 8.